The molecule has 0 atom stereocenters. The summed E-state index contributed by atoms with van der Waals surface area (Å²) in [6.45, 7) is 4.70. The number of rotatable bonds is 3. The topological polar surface area (TPSA) is 26.7 Å². The Bertz CT molecular complexity index is 379. The van der Waals surface area contributed by atoms with E-state index in [1.54, 1.807) is 6.07 Å². The largest absolute Gasteiger partial charge is 0.395 e. The van der Waals surface area contributed by atoms with Crippen molar-refractivity contribution in [2.45, 2.75) is 0 Å². The molecule has 0 aliphatic carbocycles. The molecular weight excluding hydrogens is 259 g/mol. The van der Waals surface area contributed by atoms with Gasteiger partial charge in [0.1, 0.15) is 0 Å². The van der Waals surface area contributed by atoms with E-state index in [0.717, 1.165) is 43.4 Å². The third kappa shape index (κ3) is 3.26. The summed E-state index contributed by atoms with van der Waals surface area (Å²) in [4.78, 5) is 4.48. The summed E-state index contributed by atoms with van der Waals surface area (Å²) in [7, 11) is 0. The monoisotopic (exact) mass is 274 g/mol. The number of piperazine rings is 1. The number of nitrogens with zero attached hydrogens (tertiary/aromatic N) is 2. The van der Waals surface area contributed by atoms with Crippen LogP contribution >= 0.6 is 23.2 Å². The molecule has 1 fully saturated rings. The Morgan fingerprint density at radius 1 is 1.12 bits per heavy atom. The number of aliphatic hydroxyl groups is 1. The second kappa shape index (κ2) is 5.91. The van der Waals surface area contributed by atoms with Crippen molar-refractivity contribution in [1.29, 1.82) is 0 Å². The fourth-order valence-electron chi connectivity index (χ4n) is 2.08. The molecule has 3 nitrogen and oxygen atoms in total. The predicted octanol–water partition coefficient (Wildman–Crippen LogP) is 2.11. The summed E-state index contributed by atoms with van der Waals surface area (Å²) < 4.78 is 0. The molecule has 0 aromatic heterocycles. The van der Waals surface area contributed by atoms with Gasteiger partial charge in [0, 0.05) is 37.7 Å². The van der Waals surface area contributed by atoms with Crippen LogP contribution in [0.1, 0.15) is 0 Å². The normalized spacial score (nSPS) is 17.5. The van der Waals surface area contributed by atoms with Gasteiger partial charge in [-0.15, -0.1) is 0 Å². The third-order valence-electron chi connectivity index (χ3n) is 3.04. The molecule has 17 heavy (non-hydrogen) atoms. The van der Waals surface area contributed by atoms with Crippen molar-refractivity contribution >= 4 is 28.9 Å². The van der Waals surface area contributed by atoms with E-state index < -0.39 is 0 Å². The standard InChI is InChI=1S/C12H16Cl2N2O/c13-10-1-2-11(14)12(9-10)16-5-3-15(4-6-16)7-8-17/h1-2,9,17H,3-8H2. The van der Waals surface area contributed by atoms with Crippen LogP contribution in [-0.2, 0) is 0 Å². The zero-order valence-electron chi connectivity index (χ0n) is 9.57. The number of aliphatic hydroxyl groups excluding tert-OH is 1. The summed E-state index contributed by atoms with van der Waals surface area (Å²) in [6, 6.07) is 5.54. The van der Waals surface area contributed by atoms with Crippen LogP contribution in [0.2, 0.25) is 10.0 Å². The highest BCUT2D eigenvalue weighted by Gasteiger charge is 2.18. The van der Waals surface area contributed by atoms with Gasteiger partial charge in [0.15, 0.2) is 0 Å². The first-order valence-electron chi connectivity index (χ1n) is 5.74. The Balaban J connectivity index is 2.02. The zero-order valence-corrected chi connectivity index (χ0v) is 11.1. The van der Waals surface area contributed by atoms with Crippen molar-refractivity contribution in [2.24, 2.45) is 0 Å². The van der Waals surface area contributed by atoms with Crippen molar-refractivity contribution in [1.82, 2.24) is 4.90 Å². The lowest BCUT2D eigenvalue weighted by atomic mass is 10.2. The Morgan fingerprint density at radius 2 is 1.82 bits per heavy atom. The van der Waals surface area contributed by atoms with E-state index in [9.17, 15) is 0 Å². The van der Waals surface area contributed by atoms with Crippen LogP contribution in [0.5, 0.6) is 0 Å². The molecule has 1 heterocycles. The Hall–Kier alpha value is -0.480. The molecule has 0 amide bonds. The SMILES string of the molecule is OCCN1CCN(c2cc(Cl)ccc2Cl)CC1. The van der Waals surface area contributed by atoms with Crippen molar-refractivity contribution in [3.05, 3.63) is 28.2 Å². The second-order valence-electron chi connectivity index (χ2n) is 4.15. The zero-order chi connectivity index (χ0) is 12.3. The summed E-state index contributed by atoms with van der Waals surface area (Å²) in [5.41, 5.74) is 1.00. The molecule has 1 saturated heterocycles. The fourth-order valence-corrected chi connectivity index (χ4v) is 2.49. The number of hydrogen-bond acceptors (Lipinski definition) is 3. The second-order valence-corrected chi connectivity index (χ2v) is 4.99. The number of hydrogen-bond donors (Lipinski definition) is 1. The molecule has 0 spiro atoms. The molecular formula is C12H16Cl2N2O. The smallest absolute Gasteiger partial charge is 0.0640 e. The van der Waals surface area contributed by atoms with Gasteiger partial charge < -0.3 is 10.0 Å². The van der Waals surface area contributed by atoms with Gasteiger partial charge in [0.25, 0.3) is 0 Å². The molecule has 1 aliphatic rings. The lowest BCUT2D eigenvalue weighted by Gasteiger charge is -2.36. The van der Waals surface area contributed by atoms with Gasteiger partial charge in [0.05, 0.1) is 17.3 Å². The summed E-state index contributed by atoms with van der Waals surface area (Å²) in [6.07, 6.45) is 0. The molecule has 1 aromatic carbocycles. The third-order valence-corrected chi connectivity index (χ3v) is 3.59. The van der Waals surface area contributed by atoms with Crippen LogP contribution in [0.4, 0.5) is 5.69 Å². The Kier molecular flexibility index (Phi) is 4.51. The van der Waals surface area contributed by atoms with E-state index in [4.69, 9.17) is 28.3 Å². The fraction of sp³-hybridized carbons (Fsp3) is 0.500. The highest BCUT2D eigenvalue weighted by Crippen LogP contribution is 2.29. The van der Waals surface area contributed by atoms with E-state index in [2.05, 4.69) is 9.80 Å². The lowest BCUT2D eigenvalue weighted by Crippen LogP contribution is -2.47. The molecule has 1 N–H and O–H groups in total. The number of halogens is 2. The van der Waals surface area contributed by atoms with Crippen molar-refractivity contribution in [3.8, 4) is 0 Å². The minimum absolute atomic E-state index is 0.220. The van der Waals surface area contributed by atoms with Gasteiger partial charge in [-0.3, -0.25) is 4.90 Å². The molecule has 94 valence electrons. The quantitative estimate of drug-likeness (QED) is 0.915. The van der Waals surface area contributed by atoms with Crippen LogP contribution in [0.15, 0.2) is 18.2 Å². The van der Waals surface area contributed by atoms with Gasteiger partial charge >= 0.3 is 0 Å². The summed E-state index contributed by atoms with van der Waals surface area (Å²) in [5.74, 6) is 0. The van der Waals surface area contributed by atoms with E-state index in [1.165, 1.54) is 0 Å². The first kappa shape index (κ1) is 13.0. The maximum Gasteiger partial charge on any atom is 0.0640 e. The molecule has 2 rings (SSSR count). The first-order valence-corrected chi connectivity index (χ1v) is 6.49. The van der Waals surface area contributed by atoms with Gasteiger partial charge in [0.2, 0.25) is 0 Å². The van der Waals surface area contributed by atoms with Crippen LogP contribution in [0, 0.1) is 0 Å². The van der Waals surface area contributed by atoms with Crippen LogP contribution in [-0.4, -0.2) is 49.3 Å². The van der Waals surface area contributed by atoms with Crippen LogP contribution in [0.3, 0.4) is 0 Å². The Labute approximate surface area is 112 Å². The highest BCUT2D eigenvalue weighted by molar-refractivity contribution is 6.35. The van der Waals surface area contributed by atoms with Gasteiger partial charge in [-0.2, -0.15) is 0 Å². The molecule has 0 unspecified atom stereocenters. The number of anilines is 1. The molecule has 5 heteroatoms. The van der Waals surface area contributed by atoms with Crippen molar-refractivity contribution in [2.75, 3.05) is 44.2 Å². The first-order chi connectivity index (χ1) is 8.20. The number of β-amino-alcohol motifs (C(OH)–C–C–N with tert-alkyl or cyclic N) is 1. The number of benzene rings is 1. The molecule has 1 aromatic rings. The predicted molar refractivity (Wildman–Crippen MR) is 72.2 cm³/mol. The average molecular weight is 275 g/mol. The lowest BCUT2D eigenvalue weighted by molar-refractivity contribution is 0.189. The van der Waals surface area contributed by atoms with Gasteiger partial charge in [-0.1, -0.05) is 23.2 Å². The van der Waals surface area contributed by atoms with Gasteiger partial charge in [-0.05, 0) is 18.2 Å². The van der Waals surface area contributed by atoms with Crippen molar-refractivity contribution in [3.63, 3.8) is 0 Å². The maximum absolute atomic E-state index is 8.89. The van der Waals surface area contributed by atoms with E-state index >= 15 is 0 Å². The molecule has 1 aliphatic heterocycles. The van der Waals surface area contributed by atoms with Gasteiger partial charge in [-0.25, -0.2) is 0 Å². The molecule has 0 bridgehead atoms. The molecule has 0 saturated carbocycles. The van der Waals surface area contributed by atoms with Crippen molar-refractivity contribution < 1.29 is 5.11 Å². The highest BCUT2D eigenvalue weighted by atomic mass is 35.5. The van der Waals surface area contributed by atoms with Crippen LogP contribution in [0.25, 0.3) is 0 Å². The average Bonchev–Trinajstić information content (AvgIpc) is 2.34. The summed E-state index contributed by atoms with van der Waals surface area (Å²) in [5, 5.41) is 10.3. The minimum atomic E-state index is 0.220. The van der Waals surface area contributed by atoms with E-state index in [-0.39, 0.29) is 6.61 Å². The molecule has 0 radical (unpaired) electrons. The van der Waals surface area contributed by atoms with Crippen LogP contribution < -0.4 is 4.90 Å². The van der Waals surface area contributed by atoms with E-state index in [1.807, 2.05) is 12.1 Å². The Morgan fingerprint density at radius 3 is 2.47 bits per heavy atom. The maximum atomic E-state index is 8.89. The van der Waals surface area contributed by atoms with E-state index in [0.29, 0.717) is 5.02 Å². The summed E-state index contributed by atoms with van der Waals surface area (Å²) >= 11 is 12.2. The minimum Gasteiger partial charge on any atom is -0.395 e.